The van der Waals surface area contributed by atoms with Crippen LogP contribution in [0.15, 0.2) is 47.6 Å². The van der Waals surface area contributed by atoms with E-state index in [1.807, 2.05) is 0 Å². The van der Waals surface area contributed by atoms with E-state index in [1.54, 1.807) is 0 Å². The van der Waals surface area contributed by atoms with Gasteiger partial charge in [-0.05, 0) is 37.0 Å². The molecule has 0 fully saturated rings. The Morgan fingerprint density at radius 3 is 2.91 bits per heavy atom. The first-order valence-corrected chi connectivity index (χ1v) is 8.03. The van der Waals surface area contributed by atoms with Gasteiger partial charge in [-0.2, -0.15) is 0 Å². The number of hydrogen-bond acceptors (Lipinski definition) is 2. The van der Waals surface area contributed by atoms with E-state index in [4.69, 9.17) is 9.73 Å². The standard InChI is InChI=1S/C19H24N2O/c1-14(2)10-17-13-22-19(20-17)18-8-5-9-21(18)12-16-7-4-6-15(3)11-16/h4-9,11,14,17H,10,12-13H2,1-3H3. The zero-order valence-corrected chi connectivity index (χ0v) is 13.6. The first-order chi connectivity index (χ1) is 10.6. The molecule has 3 rings (SSSR count). The second kappa shape index (κ2) is 6.39. The molecule has 2 heterocycles. The Morgan fingerprint density at radius 2 is 2.14 bits per heavy atom. The van der Waals surface area contributed by atoms with Crippen LogP contribution in [0.1, 0.15) is 37.1 Å². The average molecular weight is 296 g/mol. The minimum absolute atomic E-state index is 0.303. The second-order valence-electron chi connectivity index (χ2n) is 6.54. The fourth-order valence-corrected chi connectivity index (χ4v) is 2.97. The van der Waals surface area contributed by atoms with Crippen LogP contribution in [0.25, 0.3) is 0 Å². The maximum atomic E-state index is 5.84. The third-order valence-corrected chi connectivity index (χ3v) is 3.94. The van der Waals surface area contributed by atoms with Gasteiger partial charge in [-0.3, -0.25) is 0 Å². The van der Waals surface area contributed by atoms with E-state index in [9.17, 15) is 0 Å². The number of rotatable bonds is 5. The highest BCUT2D eigenvalue weighted by Gasteiger charge is 2.22. The summed E-state index contributed by atoms with van der Waals surface area (Å²) in [6.07, 6.45) is 3.18. The molecule has 116 valence electrons. The molecular weight excluding hydrogens is 272 g/mol. The molecule has 2 aromatic rings. The van der Waals surface area contributed by atoms with Crippen molar-refractivity contribution >= 4 is 5.90 Å². The SMILES string of the molecule is Cc1cccc(Cn2cccc2C2=NC(CC(C)C)CO2)c1. The predicted octanol–water partition coefficient (Wildman–Crippen LogP) is 4.04. The summed E-state index contributed by atoms with van der Waals surface area (Å²) >= 11 is 0. The van der Waals surface area contributed by atoms with Crippen LogP contribution in [0.2, 0.25) is 0 Å². The molecule has 0 bridgehead atoms. The lowest BCUT2D eigenvalue weighted by atomic mass is 10.1. The molecule has 1 aliphatic rings. The monoisotopic (exact) mass is 296 g/mol. The molecule has 3 nitrogen and oxygen atoms in total. The van der Waals surface area contributed by atoms with Gasteiger partial charge < -0.3 is 9.30 Å². The van der Waals surface area contributed by atoms with Crippen molar-refractivity contribution in [1.29, 1.82) is 0 Å². The van der Waals surface area contributed by atoms with Crippen LogP contribution in [0.5, 0.6) is 0 Å². The van der Waals surface area contributed by atoms with Crippen molar-refractivity contribution in [3.63, 3.8) is 0 Å². The molecule has 0 saturated heterocycles. The topological polar surface area (TPSA) is 26.5 Å². The average Bonchev–Trinajstić information content (AvgIpc) is 3.07. The number of aromatic nitrogens is 1. The lowest BCUT2D eigenvalue weighted by Crippen LogP contribution is -2.11. The van der Waals surface area contributed by atoms with Gasteiger partial charge in [-0.25, -0.2) is 4.99 Å². The van der Waals surface area contributed by atoms with Gasteiger partial charge in [0.15, 0.2) is 0 Å². The molecule has 1 aliphatic heterocycles. The lowest BCUT2D eigenvalue weighted by Gasteiger charge is -2.09. The fraction of sp³-hybridized carbons (Fsp3) is 0.421. The Kier molecular flexibility index (Phi) is 4.32. The van der Waals surface area contributed by atoms with Gasteiger partial charge in [0.1, 0.15) is 12.3 Å². The zero-order chi connectivity index (χ0) is 15.5. The van der Waals surface area contributed by atoms with Crippen molar-refractivity contribution in [2.45, 2.75) is 39.8 Å². The first-order valence-electron chi connectivity index (χ1n) is 8.03. The summed E-state index contributed by atoms with van der Waals surface area (Å²) < 4.78 is 8.06. The van der Waals surface area contributed by atoms with Crippen molar-refractivity contribution in [2.75, 3.05) is 6.61 Å². The number of hydrogen-bond donors (Lipinski definition) is 0. The predicted molar refractivity (Wildman–Crippen MR) is 90.4 cm³/mol. The maximum absolute atomic E-state index is 5.84. The van der Waals surface area contributed by atoms with E-state index >= 15 is 0 Å². The molecule has 0 saturated carbocycles. The number of benzene rings is 1. The lowest BCUT2D eigenvalue weighted by molar-refractivity contribution is 0.300. The van der Waals surface area contributed by atoms with Gasteiger partial charge >= 0.3 is 0 Å². The van der Waals surface area contributed by atoms with Crippen molar-refractivity contribution in [1.82, 2.24) is 4.57 Å². The molecule has 0 radical (unpaired) electrons. The summed E-state index contributed by atoms with van der Waals surface area (Å²) in [5.41, 5.74) is 3.67. The van der Waals surface area contributed by atoms with Crippen LogP contribution < -0.4 is 0 Å². The van der Waals surface area contributed by atoms with Crippen LogP contribution >= 0.6 is 0 Å². The largest absolute Gasteiger partial charge is 0.474 e. The third kappa shape index (κ3) is 3.41. The smallest absolute Gasteiger partial charge is 0.233 e. The van der Waals surface area contributed by atoms with E-state index in [2.05, 4.69) is 67.9 Å². The van der Waals surface area contributed by atoms with E-state index in [-0.39, 0.29) is 0 Å². The Labute approximate surface area is 132 Å². The summed E-state index contributed by atoms with van der Waals surface area (Å²) in [7, 11) is 0. The van der Waals surface area contributed by atoms with E-state index in [0.717, 1.165) is 24.6 Å². The Balaban J connectivity index is 1.78. The molecule has 1 atom stereocenters. The van der Waals surface area contributed by atoms with Gasteiger partial charge in [0.05, 0.1) is 6.04 Å². The molecular formula is C19H24N2O. The summed E-state index contributed by atoms with van der Waals surface area (Å²) in [5.74, 6) is 1.44. The van der Waals surface area contributed by atoms with Crippen molar-refractivity contribution in [3.8, 4) is 0 Å². The summed E-state index contributed by atoms with van der Waals surface area (Å²) in [6, 6.07) is 13.1. The molecule has 22 heavy (non-hydrogen) atoms. The number of nitrogens with zero attached hydrogens (tertiary/aromatic N) is 2. The Bertz CT molecular complexity index is 670. The van der Waals surface area contributed by atoms with E-state index in [0.29, 0.717) is 18.6 Å². The molecule has 1 unspecified atom stereocenters. The van der Waals surface area contributed by atoms with Gasteiger partial charge in [0.2, 0.25) is 5.90 Å². The number of aryl methyl sites for hydroxylation is 1. The quantitative estimate of drug-likeness (QED) is 0.818. The highest BCUT2D eigenvalue weighted by molar-refractivity contribution is 5.93. The summed E-state index contributed by atoms with van der Waals surface area (Å²) in [5, 5.41) is 0. The summed E-state index contributed by atoms with van der Waals surface area (Å²) in [6.45, 7) is 8.15. The van der Waals surface area contributed by atoms with Gasteiger partial charge in [0, 0.05) is 12.7 Å². The molecule has 0 aliphatic carbocycles. The minimum Gasteiger partial charge on any atom is -0.474 e. The Hall–Kier alpha value is -2.03. The molecule has 0 N–H and O–H groups in total. The molecule has 1 aromatic heterocycles. The van der Waals surface area contributed by atoms with Gasteiger partial charge in [-0.15, -0.1) is 0 Å². The van der Waals surface area contributed by atoms with Crippen molar-refractivity contribution in [2.24, 2.45) is 10.9 Å². The first kappa shape index (κ1) is 14.9. The minimum atomic E-state index is 0.303. The summed E-state index contributed by atoms with van der Waals surface area (Å²) in [4.78, 5) is 4.76. The Morgan fingerprint density at radius 1 is 1.27 bits per heavy atom. The molecule has 3 heteroatoms. The number of ether oxygens (including phenoxy) is 1. The highest BCUT2D eigenvalue weighted by atomic mass is 16.5. The van der Waals surface area contributed by atoms with Gasteiger partial charge in [0.25, 0.3) is 0 Å². The highest BCUT2D eigenvalue weighted by Crippen LogP contribution is 2.19. The molecule has 1 aromatic carbocycles. The maximum Gasteiger partial charge on any atom is 0.233 e. The van der Waals surface area contributed by atoms with Gasteiger partial charge in [-0.1, -0.05) is 43.7 Å². The van der Waals surface area contributed by atoms with Crippen LogP contribution in [0, 0.1) is 12.8 Å². The van der Waals surface area contributed by atoms with Crippen LogP contribution in [-0.4, -0.2) is 23.1 Å². The van der Waals surface area contributed by atoms with E-state index in [1.165, 1.54) is 11.1 Å². The van der Waals surface area contributed by atoms with Crippen molar-refractivity contribution in [3.05, 3.63) is 59.4 Å². The van der Waals surface area contributed by atoms with Crippen LogP contribution in [0.3, 0.4) is 0 Å². The van der Waals surface area contributed by atoms with Crippen LogP contribution in [-0.2, 0) is 11.3 Å². The van der Waals surface area contributed by atoms with Crippen molar-refractivity contribution < 1.29 is 4.74 Å². The van der Waals surface area contributed by atoms with E-state index < -0.39 is 0 Å². The molecule has 0 amide bonds. The second-order valence-corrected chi connectivity index (χ2v) is 6.54. The fourth-order valence-electron chi connectivity index (χ4n) is 2.97. The normalized spacial score (nSPS) is 17.6. The van der Waals surface area contributed by atoms with Crippen LogP contribution in [0.4, 0.5) is 0 Å². The number of aliphatic imine (C=N–C) groups is 1. The third-order valence-electron chi connectivity index (χ3n) is 3.94. The molecule has 0 spiro atoms. The zero-order valence-electron chi connectivity index (χ0n) is 13.6.